The van der Waals surface area contributed by atoms with E-state index in [1.807, 2.05) is 0 Å². The lowest BCUT2D eigenvalue weighted by Crippen LogP contribution is -2.56. The number of aromatic carboxylic acids is 2. The van der Waals surface area contributed by atoms with Crippen LogP contribution >= 0.6 is 11.6 Å². The highest BCUT2D eigenvalue weighted by molar-refractivity contribution is 7.00. The molecule has 1 aliphatic carbocycles. The van der Waals surface area contributed by atoms with E-state index in [0.29, 0.717) is 5.56 Å². The van der Waals surface area contributed by atoms with Crippen LogP contribution in [0.2, 0.25) is 17.1 Å². The third kappa shape index (κ3) is 3.85. The summed E-state index contributed by atoms with van der Waals surface area (Å²) < 4.78 is 2.42. The minimum Gasteiger partial charge on any atom is -0.478 e. The number of anilines is 1. The molecule has 0 atom stereocenters. The molecule has 4 aliphatic heterocycles. The standard InChI is InChI=1S/C32H31ClN2O4Si/c33-27-19-25(31(36)37)24(18-26(27)32(38)39)30-22-8-6-20(34-10-4-11-34)16-28(22)40(14-2-1-3-15-40)29-17-21(7-9-23(29)30)35-12-5-13-35/h6-9,16-19H,1-5,10-15H2,(H-,36,37,38,39)/p+1. The van der Waals surface area contributed by atoms with Gasteiger partial charge in [0.05, 0.1) is 22.6 Å². The molecule has 0 bridgehead atoms. The number of hydrogen-bond acceptors (Lipinski definition) is 3. The number of carboxylic acid groups (broad SMARTS) is 2. The van der Waals surface area contributed by atoms with Crippen LogP contribution in [0.5, 0.6) is 0 Å². The average molecular weight is 572 g/mol. The van der Waals surface area contributed by atoms with Gasteiger partial charge in [-0.05, 0) is 81.5 Å². The molecule has 7 rings (SSSR count). The van der Waals surface area contributed by atoms with Crippen LogP contribution in [0, 0.1) is 0 Å². The predicted molar refractivity (Wildman–Crippen MR) is 160 cm³/mol. The molecule has 2 N–H and O–H groups in total. The quantitative estimate of drug-likeness (QED) is 0.374. The van der Waals surface area contributed by atoms with Crippen molar-refractivity contribution in [3.8, 4) is 0 Å². The predicted octanol–water partition coefficient (Wildman–Crippen LogP) is 5.49. The zero-order chi connectivity index (χ0) is 27.6. The average Bonchev–Trinajstić information content (AvgIpc) is 2.88. The van der Waals surface area contributed by atoms with Crippen molar-refractivity contribution in [2.75, 3.05) is 31.1 Å². The molecule has 1 spiro atoms. The molecule has 4 heterocycles. The molecule has 6 nitrogen and oxygen atoms in total. The third-order valence-corrected chi connectivity index (χ3v) is 15.2. The maximum Gasteiger partial charge on any atom is 0.337 e. The van der Waals surface area contributed by atoms with Crippen molar-refractivity contribution in [1.29, 1.82) is 0 Å². The van der Waals surface area contributed by atoms with Crippen LogP contribution in [-0.4, -0.2) is 66.7 Å². The van der Waals surface area contributed by atoms with Crippen LogP contribution in [0.3, 0.4) is 0 Å². The van der Waals surface area contributed by atoms with Crippen molar-refractivity contribution in [2.45, 2.75) is 44.2 Å². The maximum absolute atomic E-state index is 12.6. The number of carbonyl (C=O) groups is 2. The highest BCUT2D eigenvalue weighted by atomic mass is 35.5. The molecule has 3 saturated heterocycles. The molecule has 8 heteroatoms. The second-order valence-corrected chi connectivity index (χ2v) is 16.3. The molecule has 2 aromatic carbocycles. The smallest absolute Gasteiger partial charge is 0.337 e. The fourth-order valence-electron chi connectivity index (χ4n) is 7.23. The molecule has 0 amide bonds. The zero-order valence-electron chi connectivity index (χ0n) is 22.4. The Balaban J connectivity index is 1.56. The van der Waals surface area contributed by atoms with Crippen molar-refractivity contribution in [1.82, 2.24) is 0 Å². The number of allylic oxidation sites excluding steroid dienone is 5. The Morgan fingerprint density at radius 1 is 0.850 bits per heavy atom. The van der Waals surface area contributed by atoms with E-state index in [4.69, 9.17) is 11.6 Å². The third-order valence-electron chi connectivity index (χ3n) is 9.56. The lowest BCUT2D eigenvalue weighted by molar-refractivity contribution is -0.582. The summed E-state index contributed by atoms with van der Waals surface area (Å²) in [6, 6.07) is 11.9. The fraction of sp³-hybridized carbons (Fsp3) is 0.344. The van der Waals surface area contributed by atoms with Crippen molar-refractivity contribution in [3.63, 3.8) is 0 Å². The molecular formula is C32H32ClN2O4Si+. The van der Waals surface area contributed by atoms with E-state index in [1.165, 1.54) is 78.1 Å². The summed E-state index contributed by atoms with van der Waals surface area (Å²) in [6.07, 6.45) is 12.8. The minimum absolute atomic E-state index is 0.0294. The number of hydrogen-bond donors (Lipinski definition) is 2. The lowest BCUT2D eigenvalue weighted by Gasteiger charge is -2.45. The largest absolute Gasteiger partial charge is 0.478 e. The summed E-state index contributed by atoms with van der Waals surface area (Å²) in [5, 5.41) is 22.9. The number of rotatable bonds is 4. The Morgan fingerprint density at radius 3 is 2.23 bits per heavy atom. The Hall–Kier alpha value is -3.42. The van der Waals surface area contributed by atoms with Gasteiger partial charge in [0.1, 0.15) is 21.2 Å². The van der Waals surface area contributed by atoms with E-state index < -0.39 is 20.0 Å². The van der Waals surface area contributed by atoms with Gasteiger partial charge in [-0.15, -0.1) is 0 Å². The van der Waals surface area contributed by atoms with Crippen LogP contribution in [0.4, 0.5) is 5.69 Å². The Labute approximate surface area is 239 Å². The van der Waals surface area contributed by atoms with E-state index in [1.54, 1.807) is 0 Å². The van der Waals surface area contributed by atoms with Gasteiger partial charge in [-0.1, -0.05) is 36.9 Å². The van der Waals surface area contributed by atoms with Gasteiger partial charge in [0.15, 0.2) is 5.71 Å². The van der Waals surface area contributed by atoms with Gasteiger partial charge in [0.2, 0.25) is 0 Å². The van der Waals surface area contributed by atoms with Crippen LogP contribution in [0.1, 0.15) is 63.9 Å². The molecule has 0 aromatic heterocycles. The Bertz CT molecular complexity index is 1600. The van der Waals surface area contributed by atoms with Crippen molar-refractivity contribution < 1.29 is 24.4 Å². The normalized spacial score (nSPS) is 20.9. The van der Waals surface area contributed by atoms with Crippen molar-refractivity contribution >= 4 is 53.8 Å². The number of benzene rings is 2. The summed E-state index contributed by atoms with van der Waals surface area (Å²) >= 11 is 6.29. The lowest BCUT2D eigenvalue weighted by atomic mass is 9.86. The molecule has 40 heavy (non-hydrogen) atoms. The second-order valence-electron chi connectivity index (χ2n) is 11.6. The van der Waals surface area contributed by atoms with Gasteiger partial charge in [-0.2, -0.15) is 0 Å². The van der Waals surface area contributed by atoms with Crippen LogP contribution in [-0.2, 0) is 0 Å². The second kappa shape index (κ2) is 9.60. The summed E-state index contributed by atoms with van der Waals surface area (Å²) in [5.74, 6) is -2.28. The fourth-order valence-corrected chi connectivity index (χ4v) is 13.1. The van der Waals surface area contributed by atoms with Gasteiger partial charge in [-0.25, -0.2) is 14.2 Å². The number of fused-ring (bicyclic) bond motifs is 4. The van der Waals surface area contributed by atoms with E-state index >= 15 is 0 Å². The Morgan fingerprint density at radius 2 is 1.60 bits per heavy atom. The first kappa shape index (κ1) is 25.5. The molecule has 3 fully saturated rings. The van der Waals surface area contributed by atoms with Crippen LogP contribution < -0.4 is 10.1 Å². The first-order chi connectivity index (χ1) is 19.4. The van der Waals surface area contributed by atoms with E-state index in [-0.39, 0.29) is 16.1 Å². The number of halogens is 1. The van der Waals surface area contributed by atoms with Gasteiger partial charge < -0.3 is 15.1 Å². The molecule has 2 aromatic rings. The molecule has 5 aliphatic rings. The highest BCUT2D eigenvalue weighted by Gasteiger charge is 2.48. The van der Waals surface area contributed by atoms with E-state index in [2.05, 4.69) is 45.9 Å². The highest BCUT2D eigenvalue weighted by Crippen LogP contribution is 2.48. The van der Waals surface area contributed by atoms with Crippen molar-refractivity contribution in [3.05, 3.63) is 86.6 Å². The van der Waals surface area contributed by atoms with Gasteiger partial charge >= 0.3 is 11.9 Å². The van der Waals surface area contributed by atoms with E-state index in [9.17, 15) is 19.8 Å². The first-order valence-corrected chi connectivity index (χ1v) is 17.1. The van der Waals surface area contributed by atoms with Gasteiger partial charge in [0.25, 0.3) is 0 Å². The molecule has 0 radical (unpaired) electrons. The Kier molecular flexibility index (Phi) is 6.13. The van der Waals surface area contributed by atoms with E-state index in [0.717, 1.165) is 42.9 Å². The van der Waals surface area contributed by atoms with Crippen molar-refractivity contribution in [2.24, 2.45) is 0 Å². The molecule has 0 saturated carbocycles. The minimum atomic E-state index is -2.17. The van der Waals surface area contributed by atoms with Gasteiger partial charge in [0, 0.05) is 30.9 Å². The molecule has 0 unspecified atom stereocenters. The van der Waals surface area contributed by atoms with Gasteiger partial charge in [-0.3, -0.25) is 0 Å². The van der Waals surface area contributed by atoms with Crippen LogP contribution in [0.15, 0.2) is 59.3 Å². The summed E-state index contributed by atoms with van der Waals surface area (Å²) in [4.78, 5) is 27.1. The monoisotopic (exact) mass is 571 g/mol. The first-order valence-electron chi connectivity index (χ1n) is 14.3. The summed E-state index contributed by atoms with van der Waals surface area (Å²) in [7, 11) is -2.17. The number of nitrogens with zero attached hydrogens (tertiary/aromatic N) is 2. The summed E-state index contributed by atoms with van der Waals surface area (Å²) in [6.45, 7) is 4.23. The topological polar surface area (TPSA) is 80.8 Å². The summed E-state index contributed by atoms with van der Waals surface area (Å²) in [5.41, 5.74) is 5.78. The van der Waals surface area contributed by atoms with Crippen LogP contribution in [0.25, 0.3) is 5.57 Å². The zero-order valence-corrected chi connectivity index (χ0v) is 24.1. The maximum atomic E-state index is 12.6. The number of carboxylic acids is 2. The SMILES string of the molecule is O=C(O)c1cc(C2=C3C=CC(=[N+]4CCC4)C=C3[Si]3(CCCCC3)c3cc(N4CCC4)ccc32)c(C(=O)O)cc1Cl. The molecular weight excluding hydrogens is 540 g/mol. The molecule has 204 valence electrons.